The van der Waals surface area contributed by atoms with Crippen LogP contribution in [-0.4, -0.2) is 10.9 Å². The zero-order valence-electron chi connectivity index (χ0n) is 10.8. The fourth-order valence-electron chi connectivity index (χ4n) is 1.68. The number of hydrogen-bond acceptors (Lipinski definition) is 4. The molecule has 0 saturated heterocycles. The van der Waals surface area contributed by atoms with Gasteiger partial charge in [0.15, 0.2) is 5.13 Å². The van der Waals surface area contributed by atoms with E-state index in [1.54, 1.807) is 5.38 Å². The Morgan fingerprint density at radius 3 is 2.76 bits per heavy atom. The highest BCUT2D eigenvalue weighted by Crippen LogP contribution is 2.30. The number of rotatable bonds is 4. The first kappa shape index (κ1) is 15.3. The van der Waals surface area contributed by atoms with E-state index < -0.39 is 11.7 Å². The number of nitrogens with one attached hydrogen (secondary N) is 1. The number of aromatic nitrogens is 1. The van der Waals surface area contributed by atoms with E-state index in [0.29, 0.717) is 17.2 Å². The summed E-state index contributed by atoms with van der Waals surface area (Å²) in [4.78, 5) is 15.7. The molecule has 0 radical (unpaired) electrons. The van der Waals surface area contributed by atoms with Gasteiger partial charge >= 0.3 is 6.18 Å². The molecular formula is C13H12F3N3OS. The van der Waals surface area contributed by atoms with Gasteiger partial charge in [0.25, 0.3) is 0 Å². The number of alkyl halides is 3. The van der Waals surface area contributed by atoms with E-state index in [9.17, 15) is 18.0 Å². The maximum absolute atomic E-state index is 12.5. The minimum atomic E-state index is -4.43. The molecule has 1 heterocycles. The largest absolute Gasteiger partial charge is 0.416 e. The molecule has 0 unspecified atom stereocenters. The molecule has 4 nitrogen and oxygen atoms in total. The van der Waals surface area contributed by atoms with Crippen molar-refractivity contribution in [2.24, 2.45) is 0 Å². The van der Waals surface area contributed by atoms with Crippen molar-refractivity contribution in [3.63, 3.8) is 0 Å². The van der Waals surface area contributed by atoms with E-state index in [2.05, 4.69) is 10.3 Å². The van der Waals surface area contributed by atoms with Crippen molar-refractivity contribution in [2.75, 3.05) is 11.1 Å². The number of benzene rings is 1. The number of hydrogen-bond donors (Lipinski definition) is 2. The highest BCUT2D eigenvalue weighted by molar-refractivity contribution is 7.13. The Balaban J connectivity index is 1.93. The number of nitrogens with two attached hydrogens (primary N) is 1. The minimum absolute atomic E-state index is 0.118. The zero-order chi connectivity index (χ0) is 15.5. The zero-order valence-corrected chi connectivity index (χ0v) is 11.6. The Kier molecular flexibility index (Phi) is 4.46. The lowest BCUT2D eigenvalue weighted by atomic mass is 10.2. The number of nitrogens with zero attached hydrogens (tertiary/aromatic N) is 1. The standard InChI is InChI=1S/C13H12F3N3OS/c14-13(15,16)8-2-1-3-9(6-8)18-11(20)5-4-10-7-21-12(17)19-10/h1-3,6-7H,4-5H2,(H2,17,19)(H,18,20). The van der Waals surface area contributed by atoms with Gasteiger partial charge in [0.2, 0.25) is 5.91 Å². The third-order valence-electron chi connectivity index (χ3n) is 2.65. The summed E-state index contributed by atoms with van der Waals surface area (Å²) in [6.07, 6.45) is -3.92. The SMILES string of the molecule is Nc1nc(CCC(=O)Nc2cccc(C(F)(F)F)c2)cs1. The Hall–Kier alpha value is -2.09. The van der Waals surface area contributed by atoms with Crippen molar-refractivity contribution < 1.29 is 18.0 Å². The number of aryl methyl sites for hydroxylation is 1. The van der Waals surface area contributed by atoms with Crippen molar-refractivity contribution in [1.82, 2.24) is 4.98 Å². The molecule has 3 N–H and O–H groups in total. The normalized spacial score (nSPS) is 11.4. The van der Waals surface area contributed by atoms with Gasteiger partial charge in [-0.3, -0.25) is 4.79 Å². The number of carbonyl (C=O) groups is 1. The molecule has 21 heavy (non-hydrogen) atoms. The molecule has 1 amide bonds. The number of amides is 1. The number of thiazole rings is 1. The summed E-state index contributed by atoms with van der Waals surface area (Å²) in [5.74, 6) is -0.374. The van der Waals surface area contributed by atoms with Crippen molar-refractivity contribution in [1.29, 1.82) is 0 Å². The first-order valence-corrected chi connectivity index (χ1v) is 6.89. The number of halogens is 3. The van der Waals surface area contributed by atoms with E-state index in [0.717, 1.165) is 12.1 Å². The van der Waals surface area contributed by atoms with Crippen LogP contribution in [0.4, 0.5) is 24.0 Å². The second-order valence-electron chi connectivity index (χ2n) is 4.30. The van der Waals surface area contributed by atoms with Crippen LogP contribution in [0.1, 0.15) is 17.7 Å². The smallest absolute Gasteiger partial charge is 0.375 e. The summed E-state index contributed by atoms with van der Waals surface area (Å²) in [6, 6.07) is 4.51. The molecule has 1 aromatic carbocycles. The predicted molar refractivity (Wildman–Crippen MR) is 74.9 cm³/mol. The molecule has 8 heteroatoms. The average molecular weight is 315 g/mol. The molecule has 0 aliphatic heterocycles. The number of anilines is 2. The average Bonchev–Trinajstić information content (AvgIpc) is 2.82. The minimum Gasteiger partial charge on any atom is -0.375 e. The number of nitrogen functional groups attached to an aromatic ring is 1. The van der Waals surface area contributed by atoms with Crippen LogP contribution in [-0.2, 0) is 17.4 Å². The van der Waals surface area contributed by atoms with Crippen LogP contribution < -0.4 is 11.1 Å². The van der Waals surface area contributed by atoms with Crippen molar-refractivity contribution >= 4 is 28.1 Å². The monoisotopic (exact) mass is 315 g/mol. The maximum atomic E-state index is 12.5. The Bertz CT molecular complexity index is 640. The van der Waals surface area contributed by atoms with E-state index in [1.165, 1.54) is 23.5 Å². The van der Waals surface area contributed by atoms with Crippen LogP contribution in [0.5, 0.6) is 0 Å². The molecule has 1 aromatic heterocycles. The van der Waals surface area contributed by atoms with Gasteiger partial charge in [0, 0.05) is 17.5 Å². The second-order valence-corrected chi connectivity index (χ2v) is 5.19. The molecule has 0 atom stereocenters. The van der Waals surface area contributed by atoms with E-state index in [-0.39, 0.29) is 18.0 Å². The van der Waals surface area contributed by atoms with Gasteiger partial charge in [0.05, 0.1) is 11.3 Å². The van der Waals surface area contributed by atoms with Crippen LogP contribution >= 0.6 is 11.3 Å². The van der Waals surface area contributed by atoms with Gasteiger partial charge in [0.1, 0.15) is 0 Å². The molecule has 0 saturated carbocycles. The van der Waals surface area contributed by atoms with Gasteiger partial charge in [-0.05, 0) is 24.6 Å². The van der Waals surface area contributed by atoms with E-state index >= 15 is 0 Å². The van der Waals surface area contributed by atoms with Crippen molar-refractivity contribution in [3.05, 3.63) is 40.9 Å². The Labute approximate surface area is 122 Å². The first-order chi connectivity index (χ1) is 9.84. The summed E-state index contributed by atoms with van der Waals surface area (Å²) >= 11 is 1.27. The van der Waals surface area contributed by atoms with Crippen LogP contribution in [0.2, 0.25) is 0 Å². The molecular weight excluding hydrogens is 303 g/mol. The molecule has 0 aliphatic carbocycles. The highest BCUT2D eigenvalue weighted by atomic mass is 32.1. The molecule has 0 bridgehead atoms. The molecule has 2 aromatic rings. The molecule has 0 aliphatic rings. The fraction of sp³-hybridized carbons (Fsp3) is 0.231. The lowest BCUT2D eigenvalue weighted by molar-refractivity contribution is -0.137. The lowest BCUT2D eigenvalue weighted by Gasteiger charge is -2.09. The molecule has 0 spiro atoms. The summed E-state index contributed by atoms with van der Waals surface area (Å²) in [6.45, 7) is 0. The van der Waals surface area contributed by atoms with Gasteiger partial charge in [-0.15, -0.1) is 11.3 Å². The summed E-state index contributed by atoms with van der Waals surface area (Å²) < 4.78 is 37.6. The van der Waals surface area contributed by atoms with Crippen molar-refractivity contribution in [3.8, 4) is 0 Å². The van der Waals surface area contributed by atoms with Crippen molar-refractivity contribution in [2.45, 2.75) is 19.0 Å². The van der Waals surface area contributed by atoms with Gasteiger partial charge in [-0.1, -0.05) is 6.07 Å². The summed E-state index contributed by atoms with van der Waals surface area (Å²) in [7, 11) is 0. The molecule has 2 rings (SSSR count). The van der Waals surface area contributed by atoms with Crippen LogP contribution in [0.25, 0.3) is 0 Å². The van der Waals surface area contributed by atoms with Gasteiger partial charge < -0.3 is 11.1 Å². The third-order valence-corrected chi connectivity index (χ3v) is 3.37. The molecule has 0 fully saturated rings. The maximum Gasteiger partial charge on any atom is 0.416 e. The number of carbonyl (C=O) groups excluding carboxylic acids is 1. The quantitative estimate of drug-likeness (QED) is 0.909. The third kappa shape index (κ3) is 4.45. The molecule has 112 valence electrons. The summed E-state index contributed by atoms with van der Waals surface area (Å²) in [5, 5.41) is 4.60. The Morgan fingerprint density at radius 1 is 1.38 bits per heavy atom. The second kappa shape index (κ2) is 6.13. The fourth-order valence-corrected chi connectivity index (χ4v) is 2.27. The van der Waals surface area contributed by atoms with Gasteiger partial charge in [-0.2, -0.15) is 13.2 Å². The van der Waals surface area contributed by atoms with Gasteiger partial charge in [-0.25, -0.2) is 4.98 Å². The predicted octanol–water partition coefficient (Wildman–Crippen LogP) is 3.32. The first-order valence-electron chi connectivity index (χ1n) is 6.01. The van der Waals surface area contributed by atoms with E-state index in [1.807, 2.05) is 0 Å². The Morgan fingerprint density at radius 2 is 2.14 bits per heavy atom. The summed E-state index contributed by atoms with van der Waals surface area (Å²) in [5.41, 5.74) is 5.48. The van der Waals surface area contributed by atoms with E-state index in [4.69, 9.17) is 5.73 Å². The van der Waals surface area contributed by atoms with Crippen LogP contribution in [0, 0.1) is 0 Å². The topological polar surface area (TPSA) is 68.0 Å². The highest BCUT2D eigenvalue weighted by Gasteiger charge is 2.30. The van der Waals surface area contributed by atoms with Crippen LogP contribution in [0.3, 0.4) is 0 Å². The lowest BCUT2D eigenvalue weighted by Crippen LogP contribution is -2.13. The van der Waals surface area contributed by atoms with Crippen LogP contribution in [0.15, 0.2) is 29.6 Å².